The van der Waals surface area contributed by atoms with Gasteiger partial charge in [0.25, 0.3) is 0 Å². The van der Waals surface area contributed by atoms with E-state index in [4.69, 9.17) is 10.4 Å². The first-order valence-electron chi connectivity index (χ1n) is 4.80. The van der Waals surface area contributed by atoms with Gasteiger partial charge in [-0.1, -0.05) is 6.07 Å². The van der Waals surface area contributed by atoms with Gasteiger partial charge in [0.2, 0.25) is 0 Å². The zero-order chi connectivity index (χ0) is 12.2. The lowest BCUT2D eigenvalue weighted by molar-refractivity contribution is 0.0690. The van der Waals surface area contributed by atoms with Gasteiger partial charge in [-0.3, -0.25) is 0 Å². The Bertz CT molecular complexity index is 435. The highest BCUT2D eigenvalue weighted by atomic mass is 16.4. The first kappa shape index (κ1) is 12.0. The van der Waals surface area contributed by atoms with E-state index in [9.17, 15) is 4.79 Å². The molecule has 0 fully saturated rings. The number of nitrogens with one attached hydrogen (secondary N) is 1. The molecule has 84 valence electrons. The fourth-order valence-electron chi connectivity index (χ4n) is 1.00. The van der Waals surface area contributed by atoms with Crippen molar-refractivity contribution in [3.63, 3.8) is 0 Å². The van der Waals surface area contributed by atoms with Crippen molar-refractivity contribution in [2.24, 2.45) is 5.41 Å². The highest BCUT2D eigenvalue weighted by Crippen LogP contribution is 2.14. The standard InChI is InChI=1S/C11H13N3O2/c1-11(2,6-12)7-13-9-5-3-4-8(14-9)10(15)16/h3-5H,7H2,1-2H3,(H,13,14)(H,15,16). The van der Waals surface area contributed by atoms with E-state index in [1.165, 1.54) is 6.07 Å². The first-order valence-corrected chi connectivity index (χ1v) is 4.80. The molecule has 16 heavy (non-hydrogen) atoms. The van der Waals surface area contributed by atoms with Gasteiger partial charge in [0, 0.05) is 6.54 Å². The van der Waals surface area contributed by atoms with E-state index in [2.05, 4.69) is 16.4 Å². The van der Waals surface area contributed by atoms with Gasteiger partial charge < -0.3 is 10.4 Å². The van der Waals surface area contributed by atoms with Crippen LogP contribution in [0.4, 0.5) is 5.82 Å². The lowest BCUT2D eigenvalue weighted by atomic mass is 9.96. The quantitative estimate of drug-likeness (QED) is 0.805. The van der Waals surface area contributed by atoms with Crippen molar-refractivity contribution in [3.8, 4) is 6.07 Å². The lowest BCUT2D eigenvalue weighted by Crippen LogP contribution is -2.21. The van der Waals surface area contributed by atoms with E-state index in [1.54, 1.807) is 26.0 Å². The fourth-order valence-corrected chi connectivity index (χ4v) is 1.00. The Hall–Kier alpha value is -2.09. The molecule has 0 radical (unpaired) electrons. The molecule has 0 spiro atoms. The minimum absolute atomic E-state index is 0.0141. The zero-order valence-corrected chi connectivity index (χ0v) is 9.19. The monoisotopic (exact) mass is 219 g/mol. The third-order valence-electron chi connectivity index (χ3n) is 1.98. The molecule has 0 atom stereocenters. The molecule has 0 unspecified atom stereocenters. The second kappa shape index (κ2) is 4.62. The summed E-state index contributed by atoms with van der Waals surface area (Å²) in [7, 11) is 0. The van der Waals surface area contributed by atoms with Gasteiger partial charge in [-0.05, 0) is 26.0 Å². The van der Waals surface area contributed by atoms with Crippen LogP contribution in [0, 0.1) is 16.7 Å². The van der Waals surface area contributed by atoms with Gasteiger partial charge >= 0.3 is 5.97 Å². The molecule has 1 aromatic heterocycles. The highest BCUT2D eigenvalue weighted by molar-refractivity contribution is 5.85. The second-order valence-electron chi connectivity index (χ2n) is 4.06. The molecular weight excluding hydrogens is 206 g/mol. The largest absolute Gasteiger partial charge is 0.477 e. The minimum Gasteiger partial charge on any atom is -0.477 e. The Morgan fingerprint density at radius 1 is 1.62 bits per heavy atom. The molecule has 0 aliphatic carbocycles. The van der Waals surface area contributed by atoms with Gasteiger partial charge in [-0.2, -0.15) is 5.26 Å². The molecule has 0 saturated carbocycles. The number of carbonyl (C=O) groups is 1. The van der Waals surface area contributed by atoms with E-state index in [-0.39, 0.29) is 5.69 Å². The van der Waals surface area contributed by atoms with Gasteiger partial charge in [0.1, 0.15) is 5.82 Å². The van der Waals surface area contributed by atoms with E-state index in [0.717, 1.165) is 0 Å². The molecule has 5 heteroatoms. The third-order valence-corrected chi connectivity index (χ3v) is 1.98. The number of anilines is 1. The summed E-state index contributed by atoms with van der Waals surface area (Å²) < 4.78 is 0. The number of nitrogens with zero attached hydrogens (tertiary/aromatic N) is 2. The lowest BCUT2D eigenvalue weighted by Gasteiger charge is -2.16. The second-order valence-corrected chi connectivity index (χ2v) is 4.06. The summed E-state index contributed by atoms with van der Waals surface area (Å²) in [6.07, 6.45) is 0. The van der Waals surface area contributed by atoms with Crippen LogP contribution in [0.2, 0.25) is 0 Å². The van der Waals surface area contributed by atoms with E-state index >= 15 is 0 Å². The molecule has 1 aromatic rings. The van der Waals surface area contributed by atoms with Crippen LogP contribution in [-0.2, 0) is 0 Å². The number of carboxylic acids is 1. The Kier molecular flexibility index (Phi) is 3.46. The summed E-state index contributed by atoms with van der Waals surface area (Å²) in [4.78, 5) is 14.6. The summed E-state index contributed by atoms with van der Waals surface area (Å²) >= 11 is 0. The topological polar surface area (TPSA) is 86.0 Å². The van der Waals surface area contributed by atoms with Crippen LogP contribution in [0.1, 0.15) is 24.3 Å². The van der Waals surface area contributed by atoms with E-state index in [1.807, 2.05) is 0 Å². The molecule has 5 nitrogen and oxygen atoms in total. The number of rotatable bonds is 4. The molecule has 0 aromatic carbocycles. The van der Waals surface area contributed by atoms with Gasteiger partial charge in [-0.15, -0.1) is 0 Å². The highest BCUT2D eigenvalue weighted by Gasteiger charge is 2.16. The van der Waals surface area contributed by atoms with Crippen LogP contribution in [0.5, 0.6) is 0 Å². The number of aromatic carboxylic acids is 1. The van der Waals surface area contributed by atoms with Crippen LogP contribution < -0.4 is 5.32 Å². The van der Waals surface area contributed by atoms with E-state index in [0.29, 0.717) is 12.4 Å². The minimum atomic E-state index is -1.07. The number of aromatic nitrogens is 1. The van der Waals surface area contributed by atoms with Gasteiger partial charge in [0.15, 0.2) is 5.69 Å². The number of nitriles is 1. The van der Waals surface area contributed by atoms with Crippen LogP contribution >= 0.6 is 0 Å². The molecule has 0 saturated heterocycles. The molecule has 0 bridgehead atoms. The predicted molar refractivity (Wildman–Crippen MR) is 59.1 cm³/mol. The zero-order valence-electron chi connectivity index (χ0n) is 9.19. The Labute approximate surface area is 93.7 Å². The Balaban J connectivity index is 2.72. The molecule has 0 aliphatic rings. The summed E-state index contributed by atoms with van der Waals surface area (Å²) in [6.45, 7) is 4.00. The maximum Gasteiger partial charge on any atom is 0.354 e. The molecule has 0 amide bonds. The number of carboxylic acid groups (broad SMARTS) is 1. The van der Waals surface area contributed by atoms with Gasteiger partial charge in [-0.25, -0.2) is 9.78 Å². The Morgan fingerprint density at radius 3 is 2.88 bits per heavy atom. The van der Waals surface area contributed by atoms with Crippen molar-refractivity contribution in [3.05, 3.63) is 23.9 Å². The van der Waals surface area contributed by atoms with Gasteiger partial charge in [0.05, 0.1) is 11.5 Å². The summed E-state index contributed by atoms with van der Waals surface area (Å²) in [5, 5.41) is 20.5. The molecular formula is C11H13N3O2. The maximum absolute atomic E-state index is 10.7. The predicted octanol–water partition coefficient (Wildman–Crippen LogP) is 1.74. The van der Waals surface area contributed by atoms with Crippen molar-refractivity contribution in [1.29, 1.82) is 5.26 Å². The van der Waals surface area contributed by atoms with Crippen molar-refractivity contribution in [2.45, 2.75) is 13.8 Å². The van der Waals surface area contributed by atoms with Crippen molar-refractivity contribution >= 4 is 11.8 Å². The van der Waals surface area contributed by atoms with Crippen molar-refractivity contribution in [1.82, 2.24) is 4.98 Å². The smallest absolute Gasteiger partial charge is 0.354 e. The summed E-state index contributed by atoms with van der Waals surface area (Å²) in [5.41, 5.74) is -0.527. The van der Waals surface area contributed by atoms with Crippen LogP contribution in [0.15, 0.2) is 18.2 Å². The molecule has 0 aliphatic heterocycles. The summed E-state index contributed by atoms with van der Waals surface area (Å²) in [6, 6.07) is 6.84. The SMILES string of the molecule is CC(C)(C#N)CNc1cccc(C(=O)O)n1. The molecule has 1 rings (SSSR count). The first-order chi connectivity index (χ1) is 7.44. The van der Waals surface area contributed by atoms with Crippen LogP contribution in [0.3, 0.4) is 0 Å². The fraction of sp³-hybridized carbons (Fsp3) is 0.364. The average Bonchev–Trinajstić information content (AvgIpc) is 2.27. The average molecular weight is 219 g/mol. The molecule has 1 heterocycles. The number of hydrogen-bond acceptors (Lipinski definition) is 4. The Morgan fingerprint density at radius 2 is 2.31 bits per heavy atom. The van der Waals surface area contributed by atoms with Crippen molar-refractivity contribution < 1.29 is 9.90 Å². The normalized spacial score (nSPS) is 10.6. The number of hydrogen-bond donors (Lipinski definition) is 2. The van der Waals surface area contributed by atoms with Crippen molar-refractivity contribution in [2.75, 3.05) is 11.9 Å². The third kappa shape index (κ3) is 3.24. The number of pyridine rings is 1. The van der Waals surface area contributed by atoms with Crippen LogP contribution in [-0.4, -0.2) is 22.6 Å². The summed E-state index contributed by atoms with van der Waals surface area (Å²) in [5.74, 6) is -0.605. The van der Waals surface area contributed by atoms with Crippen LogP contribution in [0.25, 0.3) is 0 Å². The maximum atomic E-state index is 10.7. The van der Waals surface area contributed by atoms with E-state index < -0.39 is 11.4 Å². The molecule has 2 N–H and O–H groups in total.